The standard InChI is InChI=1S/C24H16N2O2/c27-26(28)24-12-6-1-7-19(24)17-13-15-18(16-14-17)25-22-10-4-2-8-20(22)21-9-3-5-11-23(21)25/h1-16H/i2D,3D,4D,5D,8D,9D,10D,11D. The van der Waals surface area contributed by atoms with E-state index < -0.39 is 41.2 Å². The highest BCUT2D eigenvalue weighted by Gasteiger charge is 2.15. The van der Waals surface area contributed by atoms with Crippen molar-refractivity contribution in [2.45, 2.75) is 0 Å². The van der Waals surface area contributed by atoms with Crippen LogP contribution in [0.4, 0.5) is 5.69 Å². The van der Waals surface area contributed by atoms with E-state index in [1.807, 2.05) is 0 Å². The molecular weight excluding hydrogens is 348 g/mol. The van der Waals surface area contributed by atoms with Crippen molar-refractivity contribution in [2.75, 3.05) is 0 Å². The van der Waals surface area contributed by atoms with Crippen molar-refractivity contribution in [1.29, 1.82) is 0 Å². The second-order valence-electron chi connectivity index (χ2n) is 6.10. The lowest BCUT2D eigenvalue weighted by molar-refractivity contribution is -0.384. The maximum Gasteiger partial charge on any atom is 0.277 e. The molecule has 0 N–H and O–H groups in total. The lowest BCUT2D eigenvalue weighted by Gasteiger charge is -2.09. The Labute approximate surface area is 172 Å². The molecule has 0 radical (unpaired) electrons. The third-order valence-electron chi connectivity index (χ3n) is 4.57. The van der Waals surface area contributed by atoms with Crippen LogP contribution < -0.4 is 0 Å². The van der Waals surface area contributed by atoms with E-state index in [0.29, 0.717) is 16.8 Å². The monoisotopic (exact) mass is 372 g/mol. The van der Waals surface area contributed by atoms with E-state index in [-0.39, 0.29) is 39.6 Å². The van der Waals surface area contributed by atoms with Crippen LogP contribution in [-0.4, -0.2) is 9.49 Å². The number of nitrogens with zero attached hydrogens (tertiary/aromatic N) is 2. The van der Waals surface area contributed by atoms with Crippen LogP contribution in [0.25, 0.3) is 38.6 Å². The normalized spacial score (nSPS) is 15.1. The Bertz CT molecular complexity index is 1670. The first kappa shape index (κ1) is 9.85. The molecule has 0 saturated carbocycles. The summed E-state index contributed by atoms with van der Waals surface area (Å²) in [6.07, 6.45) is 0. The quantitative estimate of drug-likeness (QED) is 0.273. The van der Waals surface area contributed by atoms with Crippen molar-refractivity contribution in [1.82, 2.24) is 4.57 Å². The van der Waals surface area contributed by atoms with Gasteiger partial charge in [-0.3, -0.25) is 10.1 Å². The number of nitro benzene ring substituents is 1. The van der Waals surface area contributed by atoms with Gasteiger partial charge in [-0.25, -0.2) is 0 Å². The van der Waals surface area contributed by atoms with E-state index in [4.69, 9.17) is 11.0 Å². The first-order valence-electron chi connectivity index (χ1n) is 12.4. The summed E-state index contributed by atoms with van der Waals surface area (Å²) in [4.78, 5) is 11.0. The zero-order valence-electron chi connectivity index (χ0n) is 22.3. The number of fused-ring (bicyclic) bond motifs is 3. The molecule has 1 heterocycles. The molecule has 5 aromatic rings. The van der Waals surface area contributed by atoms with Gasteiger partial charge in [-0.15, -0.1) is 0 Å². The van der Waals surface area contributed by atoms with Crippen LogP contribution in [0.5, 0.6) is 0 Å². The van der Waals surface area contributed by atoms with Gasteiger partial charge in [0.05, 0.1) is 32.5 Å². The van der Waals surface area contributed by atoms with Crippen LogP contribution in [-0.2, 0) is 0 Å². The second kappa shape index (κ2) is 6.35. The maximum atomic E-state index is 11.5. The number of rotatable bonds is 3. The molecule has 0 fully saturated rings. The van der Waals surface area contributed by atoms with Gasteiger partial charge in [-0.1, -0.05) is 60.5 Å². The molecule has 0 aliphatic carbocycles. The average molecular weight is 372 g/mol. The molecule has 5 rings (SSSR count). The molecule has 28 heavy (non-hydrogen) atoms. The molecule has 4 aromatic carbocycles. The van der Waals surface area contributed by atoms with Gasteiger partial charge in [0.15, 0.2) is 0 Å². The van der Waals surface area contributed by atoms with Crippen molar-refractivity contribution in [3.63, 3.8) is 0 Å². The van der Waals surface area contributed by atoms with Crippen LogP contribution >= 0.6 is 0 Å². The van der Waals surface area contributed by atoms with Crippen LogP contribution in [0.3, 0.4) is 0 Å². The summed E-state index contributed by atoms with van der Waals surface area (Å²) < 4.78 is 67.9. The minimum atomic E-state index is -0.509. The summed E-state index contributed by atoms with van der Waals surface area (Å²) in [5.74, 6) is 0. The Morgan fingerprint density at radius 3 is 1.96 bits per heavy atom. The first-order valence-corrected chi connectivity index (χ1v) is 8.41. The minimum absolute atomic E-state index is 0.00854. The van der Waals surface area contributed by atoms with E-state index in [9.17, 15) is 10.1 Å². The van der Waals surface area contributed by atoms with Gasteiger partial charge < -0.3 is 4.57 Å². The van der Waals surface area contributed by atoms with Gasteiger partial charge in [0.25, 0.3) is 5.69 Å². The number of aromatic nitrogens is 1. The first-order chi connectivity index (χ1) is 17.1. The molecule has 0 spiro atoms. The summed E-state index contributed by atoms with van der Waals surface area (Å²) in [5, 5.41) is 11.4. The maximum absolute atomic E-state index is 11.5. The summed E-state index contributed by atoms with van der Waals surface area (Å²) >= 11 is 0. The van der Waals surface area contributed by atoms with E-state index in [1.54, 1.807) is 42.5 Å². The fraction of sp³-hybridized carbons (Fsp3) is 0. The highest BCUT2D eigenvalue weighted by Crippen LogP contribution is 2.34. The second-order valence-corrected chi connectivity index (χ2v) is 6.10. The Morgan fingerprint density at radius 2 is 1.36 bits per heavy atom. The van der Waals surface area contributed by atoms with Crippen molar-refractivity contribution in [3.05, 3.63) is 107 Å². The fourth-order valence-corrected chi connectivity index (χ4v) is 3.35. The molecule has 4 heteroatoms. The predicted octanol–water partition coefficient (Wildman–Crippen LogP) is 6.36. The Morgan fingerprint density at radius 1 is 0.786 bits per heavy atom. The summed E-state index contributed by atoms with van der Waals surface area (Å²) in [5.41, 5.74) is 1.25. The number of benzene rings is 4. The topological polar surface area (TPSA) is 48.1 Å². The summed E-state index contributed by atoms with van der Waals surface area (Å²) in [7, 11) is 0. The average Bonchev–Trinajstić information content (AvgIpc) is 3.24. The largest absolute Gasteiger partial charge is 0.309 e. The van der Waals surface area contributed by atoms with Crippen molar-refractivity contribution in [3.8, 4) is 16.8 Å². The van der Waals surface area contributed by atoms with Crippen molar-refractivity contribution < 1.29 is 15.9 Å². The van der Waals surface area contributed by atoms with Gasteiger partial charge in [0.1, 0.15) is 0 Å². The zero-order chi connectivity index (χ0) is 26.0. The van der Waals surface area contributed by atoms with E-state index in [1.165, 1.54) is 10.6 Å². The van der Waals surface area contributed by atoms with Gasteiger partial charge in [0, 0.05) is 22.5 Å². The highest BCUT2D eigenvalue weighted by atomic mass is 16.6. The van der Waals surface area contributed by atoms with Crippen LogP contribution in [0.2, 0.25) is 0 Å². The smallest absolute Gasteiger partial charge is 0.277 e. The third kappa shape index (κ3) is 2.47. The summed E-state index contributed by atoms with van der Waals surface area (Å²) in [6, 6.07) is 9.06. The van der Waals surface area contributed by atoms with E-state index >= 15 is 0 Å². The molecule has 4 nitrogen and oxygen atoms in total. The Kier molecular flexibility index (Phi) is 2.24. The number of para-hydroxylation sites is 3. The van der Waals surface area contributed by atoms with Gasteiger partial charge in [-0.05, 0) is 35.8 Å². The van der Waals surface area contributed by atoms with Gasteiger partial charge >= 0.3 is 0 Å². The van der Waals surface area contributed by atoms with Gasteiger partial charge in [-0.2, -0.15) is 0 Å². The molecule has 0 atom stereocenters. The molecule has 0 bridgehead atoms. The van der Waals surface area contributed by atoms with E-state index in [2.05, 4.69) is 0 Å². The molecule has 134 valence electrons. The number of hydrogen-bond donors (Lipinski definition) is 0. The van der Waals surface area contributed by atoms with Crippen LogP contribution in [0.15, 0.2) is 96.9 Å². The Hall–Kier alpha value is -3.92. The molecular formula is C24H16N2O2. The fourth-order valence-electron chi connectivity index (χ4n) is 3.35. The molecule has 0 aliphatic heterocycles. The molecule has 0 unspecified atom stereocenters. The third-order valence-corrected chi connectivity index (χ3v) is 4.57. The molecule has 1 aromatic heterocycles. The molecule has 0 amide bonds. The molecule has 0 aliphatic rings. The van der Waals surface area contributed by atoms with Gasteiger partial charge in [0.2, 0.25) is 0 Å². The van der Waals surface area contributed by atoms with Crippen molar-refractivity contribution >= 4 is 27.5 Å². The van der Waals surface area contributed by atoms with Crippen LogP contribution in [0.1, 0.15) is 11.0 Å². The van der Waals surface area contributed by atoms with Crippen LogP contribution in [0, 0.1) is 10.1 Å². The predicted molar refractivity (Wildman–Crippen MR) is 113 cm³/mol. The Balaban J connectivity index is 1.90. The summed E-state index contributed by atoms with van der Waals surface area (Å²) in [6.45, 7) is 0. The van der Waals surface area contributed by atoms with E-state index in [0.717, 1.165) is 0 Å². The lowest BCUT2D eigenvalue weighted by atomic mass is 10.0. The highest BCUT2D eigenvalue weighted by molar-refractivity contribution is 6.09. The number of hydrogen-bond acceptors (Lipinski definition) is 2. The SMILES string of the molecule is [2H]c1c([2H])c([2H])c2c(c1[2H])c1c([2H])c([2H])c([2H])c([2H])c1n2-c1ccc(-c2ccccc2[N+](=O)[O-])cc1. The van der Waals surface area contributed by atoms with Crippen molar-refractivity contribution in [2.24, 2.45) is 0 Å². The molecule has 0 saturated heterocycles. The minimum Gasteiger partial charge on any atom is -0.309 e. The zero-order valence-corrected chi connectivity index (χ0v) is 14.3. The lowest BCUT2D eigenvalue weighted by Crippen LogP contribution is -1.94. The number of nitro groups is 1.